The molecule has 116 valence electrons. The van der Waals surface area contributed by atoms with E-state index in [-0.39, 0.29) is 11.9 Å². The summed E-state index contributed by atoms with van der Waals surface area (Å²) < 4.78 is 7.52. The van der Waals surface area contributed by atoms with Gasteiger partial charge in [0.25, 0.3) is 5.91 Å². The van der Waals surface area contributed by atoms with Gasteiger partial charge in [0.05, 0.1) is 6.10 Å². The highest BCUT2D eigenvalue weighted by atomic mass is 16.5. The molecule has 3 rings (SSSR count). The Bertz CT molecular complexity index is 480. The molecule has 1 saturated heterocycles. The molecule has 2 heterocycles. The number of piperidine rings is 1. The van der Waals surface area contributed by atoms with Crippen LogP contribution in [0, 0.1) is 0 Å². The van der Waals surface area contributed by atoms with E-state index in [2.05, 4.69) is 15.2 Å². The molecule has 1 amide bonds. The van der Waals surface area contributed by atoms with Crippen molar-refractivity contribution in [1.29, 1.82) is 0 Å². The van der Waals surface area contributed by atoms with Gasteiger partial charge in [-0.15, -0.1) is 0 Å². The molecule has 2 unspecified atom stereocenters. The molecule has 2 fully saturated rings. The third-order valence-corrected chi connectivity index (χ3v) is 4.77. The van der Waals surface area contributed by atoms with Gasteiger partial charge in [0.2, 0.25) is 0 Å². The molecule has 0 bridgehead atoms. The molecule has 2 N–H and O–H groups in total. The summed E-state index contributed by atoms with van der Waals surface area (Å²) in [5.74, 6) is 0.0558. The zero-order valence-corrected chi connectivity index (χ0v) is 12.7. The zero-order valence-electron chi connectivity index (χ0n) is 12.7. The van der Waals surface area contributed by atoms with Crippen molar-refractivity contribution < 1.29 is 9.53 Å². The third kappa shape index (κ3) is 3.30. The maximum absolute atomic E-state index is 12.5. The van der Waals surface area contributed by atoms with E-state index in [4.69, 9.17) is 4.74 Å². The number of nitrogens with zero attached hydrogens (tertiary/aromatic N) is 1. The molecule has 0 spiro atoms. The Kier molecular flexibility index (Phi) is 4.60. The Labute approximate surface area is 126 Å². The molecule has 0 aromatic carbocycles. The Morgan fingerprint density at radius 1 is 1.33 bits per heavy atom. The van der Waals surface area contributed by atoms with Crippen LogP contribution in [-0.2, 0) is 4.74 Å². The van der Waals surface area contributed by atoms with E-state index in [0.29, 0.717) is 12.1 Å². The van der Waals surface area contributed by atoms with Crippen LogP contribution < -0.4 is 10.6 Å². The number of hydrogen-bond acceptors (Lipinski definition) is 3. The van der Waals surface area contributed by atoms with Crippen molar-refractivity contribution in [3.63, 3.8) is 0 Å². The molecule has 5 nitrogen and oxygen atoms in total. The summed E-state index contributed by atoms with van der Waals surface area (Å²) in [5, 5.41) is 6.54. The average molecular weight is 291 g/mol. The summed E-state index contributed by atoms with van der Waals surface area (Å²) in [4.78, 5) is 12.5. The van der Waals surface area contributed by atoms with Crippen LogP contribution in [0.3, 0.4) is 0 Å². The minimum absolute atomic E-state index is 0.0558. The predicted molar refractivity (Wildman–Crippen MR) is 81.5 cm³/mol. The summed E-state index contributed by atoms with van der Waals surface area (Å²) in [5.41, 5.74) is 0.794. The lowest BCUT2D eigenvalue weighted by Gasteiger charge is -2.26. The van der Waals surface area contributed by atoms with E-state index >= 15 is 0 Å². The van der Waals surface area contributed by atoms with E-state index in [1.807, 2.05) is 18.3 Å². The highest BCUT2D eigenvalue weighted by molar-refractivity contribution is 5.93. The quantitative estimate of drug-likeness (QED) is 0.888. The number of hydrogen-bond donors (Lipinski definition) is 2. The standard InChI is InChI=1S/C16H25N3O2/c1-21-14-5-4-12(11-14)18-16(20)15-3-2-10-19(15)13-6-8-17-9-7-13/h2-3,10,12-14,17H,4-9,11H2,1H3,(H,18,20). The van der Waals surface area contributed by atoms with Gasteiger partial charge >= 0.3 is 0 Å². The van der Waals surface area contributed by atoms with Crippen molar-refractivity contribution in [3.8, 4) is 0 Å². The number of amides is 1. The second-order valence-corrected chi connectivity index (χ2v) is 6.12. The normalized spacial score (nSPS) is 26.9. The second kappa shape index (κ2) is 6.62. The Hall–Kier alpha value is -1.33. The summed E-state index contributed by atoms with van der Waals surface area (Å²) in [7, 11) is 1.75. The number of carbonyl (C=O) groups excluding carboxylic acids is 1. The SMILES string of the molecule is COC1CCC(NC(=O)c2cccn2C2CCNCC2)C1. The Morgan fingerprint density at radius 3 is 2.86 bits per heavy atom. The number of aromatic nitrogens is 1. The Balaban J connectivity index is 1.64. The molecule has 2 atom stereocenters. The van der Waals surface area contributed by atoms with Gasteiger partial charge in [-0.25, -0.2) is 0 Å². The van der Waals surface area contributed by atoms with Gasteiger partial charge in [-0.2, -0.15) is 0 Å². The maximum atomic E-state index is 12.5. The first-order valence-corrected chi connectivity index (χ1v) is 7.99. The highest BCUT2D eigenvalue weighted by Gasteiger charge is 2.27. The minimum Gasteiger partial charge on any atom is -0.381 e. The van der Waals surface area contributed by atoms with E-state index in [9.17, 15) is 4.79 Å². The number of rotatable bonds is 4. The maximum Gasteiger partial charge on any atom is 0.268 e. The van der Waals surface area contributed by atoms with E-state index in [1.54, 1.807) is 7.11 Å². The van der Waals surface area contributed by atoms with Crippen LogP contribution in [0.15, 0.2) is 18.3 Å². The summed E-state index contributed by atoms with van der Waals surface area (Å²) in [6.45, 7) is 2.06. The smallest absolute Gasteiger partial charge is 0.268 e. The van der Waals surface area contributed by atoms with E-state index in [0.717, 1.165) is 50.9 Å². The van der Waals surface area contributed by atoms with Gasteiger partial charge in [-0.3, -0.25) is 4.79 Å². The van der Waals surface area contributed by atoms with Gasteiger partial charge in [0.15, 0.2) is 0 Å². The molecule has 0 radical (unpaired) electrons. The van der Waals surface area contributed by atoms with Gasteiger partial charge in [0, 0.05) is 25.4 Å². The van der Waals surface area contributed by atoms with Crippen LogP contribution in [0.5, 0.6) is 0 Å². The molecule has 1 saturated carbocycles. The van der Waals surface area contributed by atoms with Gasteiger partial charge in [0.1, 0.15) is 5.69 Å². The highest BCUT2D eigenvalue weighted by Crippen LogP contribution is 2.24. The molecule has 1 aliphatic heterocycles. The lowest BCUT2D eigenvalue weighted by molar-refractivity contribution is 0.0903. The molecule has 2 aliphatic rings. The van der Waals surface area contributed by atoms with Crippen molar-refractivity contribution in [2.24, 2.45) is 0 Å². The van der Waals surface area contributed by atoms with E-state index < -0.39 is 0 Å². The fourth-order valence-corrected chi connectivity index (χ4v) is 3.53. The molecular formula is C16H25N3O2. The minimum atomic E-state index is 0.0558. The molecule has 1 aliphatic carbocycles. The van der Waals surface area contributed by atoms with Crippen molar-refractivity contribution in [2.45, 2.75) is 50.3 Å². The van der Waals surface area contributed by atoms with Gasteiger partial charge < -0.3 is 19.9 Å². The first-order valence-electron chi connectivity index (χ1n) is 7.99. The Morgan fingerprint density at radius 2 is 2.14 bits per heavy atom. The predicted octanol–water partition coefficient (Wildman–Crippen LogP) is 1.71. The summed E-state index contributed by atoms with van der Waals surface area (Å²) in [6.07, 6.45) is 7.49. The molecule has 5 heteroatoms. The monoisotopic (exact) mass is 291 g/mol. The summed E-state index contributed by atoms with van der Waals surface area (Å²) in [6, 6.07) is 4.60. The van der Waals surface area contributed by atoms with Crippen molar-refractivity contribution in [1.82, 2.24) is 15.2 Å². The molecule has 1 aromatic heterocycles. The number of carbonyl (C=O) groups is 1. The number of nitrogens with one attached hydrogen (secondary N) is 2. The van der Waals surface area contributed by atoms with Crippen LogP contribution in [0.2, 0.25) is 0 Å². The molecular weight excluding hydrogens is 266 g/mol. The first-order chi connectivity index (χ1) is 10.3. The van der Waals surface area contributed by atoms with Crippen LogP contribution in [0.4, 0.5) is 0 Å². The zero-order chi connectivity index (χ0) is 14.7. The topological polar surface area (TPSA) is 55.3 Å². The largest absolute Gasteiger partial charge is 0.381 e. The fourth-order valence-electron chi connectivity index (χ4n) is 3.53. The molecule has 1 aromatic rings. The summed E-state index contributed by atoms with van der Waals surface area (Å²) >= 11 is 0. The van der Waals surface area contributed by atoms with Crippen molar-refractivity contribution in [2.75, 3.05) is 20.2 Å². The lowest BCUT2D eigenvalue weighted by Crippen LogP contribution is -2.36. The van der Waals surface area contributed by atoms with Crippen molar-refractivity contribution in [3.05, 3.63) is 24.0 Å². The fraction of sp³-hybridized carbons (Fsp3) is 0.688. The van der Waals surface area contributed by atoms with Crippen LogP contribution in [-0.4, -0.2) is 42.8 Å². The third-order valence-electron chi connectivity index (χ3n) is 4.77. The van der Waals surface area contributed by atoms with Gasteiger partial charge in [-0.05, 0) is 57.3 Å². The molecule has 21 heavy (non-hydrogen) atoms. The van der Waals surface area contributed by atoms with Crippen LogP contribution in [0.1, 0.15) is 48.6 Å². The average Bonchev–Trinajstić information content (AvgIpc) is 3.17. The van der Waals surface area contributed by atoms with E-state index in [1.165, 1.54) is 0 Å². The lowest BCUT2D eigenvalue weighted by atomic mass is 10.1. The second-order valence-electron chi connectivity index (χ2n) is 6.12. The number of ether oxygens (including phenoxy) is 1. The van der Waals surface area contributed by atoms with Crippen LogP contribution >= 0.6 is 0 Å². The van der Waals surface area contributed by atoms with Crippen molar-refractivity contribution >= 4 is 5.91 Å². The first kappa shape index (κ1) is 14.6. The van der Waals surface area contributed by atoms with Crippen LogP contribution in [0.25, 0.3) is 0 Å². The van der Waals surface area contributed by atoms with Gasteiger partial charge in [-0.1, -0.05) is 0 Å². The number of methoxy groups -OCH3 is 1.